The Morgan fingerprint density at radius 1 is 0.929 bits per heavy atom. The van der Waals surface area contributed by atoms with E-state index in [0.717, 1.165) is 0 Å². The number of hydrogen-bond donors (Lipinski definition) is 7. The molecule has 0 aliphatic rings. The first-order valence-corrected chi connectivity index (χ1v) is 9.88. The highest BCUT2D eigenvalue weighted by Gasteiger charge is 2.28. The van der Waals surface area contributed by atoms with Crippen LogP contribution in [-0.4, -0.2) is 65.3 Å². The van der Waals surface area contributed by atoms with E-state index in [-0.39, 0.29) is 11.7 Å². The Morgan fingerprint density at radius 2 is 1.50 bits per heavy atom. The maximum Gasteiger partial charge on any atom is 0.327 e. The lowest BCUT2D eigenvalue weighted by Crippen LogP contribution is -2.57. The smallest absolute Gasteiger partial charge is 0.327 e. The van der Waals surface area contributed by atoms with E-state index >= 15 is 0 Å². The number of amides is 3. The van der Waals surface area contributed by atoms with Gasteiger partial charge in [-0.2, -0.15) is 12.6 Å². The minimum absolute atomic E-state index is 0.0907. The molecule has 0 aliphatic carbocycles. The molecule has 0 bridgehead atoms. The average Bonchev–Trinajstić information content (AvgIpc) is 2.63. The molecule has 0 saturated carbocycles. The lowest BCUT2D eigenvalue weighted by atomic mass is 10.0. The van der Waals surface area contributed by atoms with E-state index in [4.69, 9.17) is 16.6 Å². The molecule has 0 radical (unpaired) electrons. The zero-order valence-corrected chi connectivity index (χ0v) is 17.5. The predicted octanol–water partition coefficient (Wildman–Crippen LogP) is -1.41. The number of unbranched alkanes of at least 4 members (excludes halogenated alkanes) is 1. The fraction of sp³-hybridized carbons (Fsp3) is 0.765. The van der Waals surface area contributed by atoms with Crippen LogP contribution in [0.25, 0.3) is 0 Å². The van der Waals surface area contributed by atoms with Crippen LogP contribution in [0.3, 0.4) is 0 Å². The van der Waals surface area contributed by atoms with Gasteiger partial charge in [-0.25, -0.2) is 4.79 Å². The van der Waals surface area contributed by atoms with Gasteiger partial charge in [0, 0.05) is 5.75 Å². The number of hydrogen-bond acceptors (Lipinski definition) is 7. The Hall–Kier alpha value is -1.85. The van der Waals surface area contributed by atoms with Crippen molar-refractivity contribution in [1.82, 2.24) is 16.0 Å². The van der Waals surface area contributed by atoms with Crippen LogP contribution in [0.2, 0.25) is 0 Å². The summed E-state index contributed by atoms with van der Waals surface area (Å²) in [6.07, 6.45) is 1.61. The lowest BCUT2D eigenvalue weighted by molar-refractivity contribution is -0.141. The summed E-state index contributed by atoms with van der Waals surface area (Å²) >= 11 is 3.87. The van der Waals surface area contributed by atoms with Gasteiger partial charge in [0.25, 0.3) is 0 Å². The Labute approximate surface area is 171 Å². The van der Waals surface area contributed by atoms with E-state index in [1.54, 1.807) is 13.8 Å². The summed E-state index contributed by atoms with van der Waals surface area (Å²) in [7, 11) is 0. The van der Waals surface area contributed by atoms with E-state index < -0.39 is 47.9 Å². The van der Waals surface area contributed by atoms with Gasteiger partial charge in [0.1, 0.15) is 18.1 Å². The Bertz CT molecular complexity index is 546. The van der Waals surface area contributed by atoms with Crippen molar-refractivity contribution in [2.75, 3.05) is 12.3 Å². The molecule has 4 unspecified atom stereocenters. The summed E-state index contributed by atoms with van der Waals surface area (Å²) in [5.41, 5.74) is 11.3. The van der Waals surface area contributed by atoms with Gasteiger partial charge in [-0.05, 0) is 38.6 Å². The zero-order chi connectivity index (χ0) is 21.9. The molecular formula is C17H33N5O5S. The molecule has 0 aromatic rings. The van der Waals surface area contributed by atoms with E-state index in [9.17, 15) is 19.2 Å². The van der Waals surface area contributed by atoms with Crippen LogP contribution in [0.4, 0.5) is 0 Å². The molecule has 8 N–H and O–H groups in total. The first kappa shape index (κ1) is 26.1. The minimum atomic E-state index is -1.23. The SMILES string of the molecule is CC(NC(=O)C(CCCCN)NC(=O)C(N)C(C)C)C(=O)NC(CS)C(=O)O. The van der Waals surface area contributed by atoms with Crippen LogP contribution in [-0.2, 0) is 19.2 Å². The second-order valence-corrected chi connectivity index (χ2v) is 7.29. The summed E-state index contributed by atoms with van der Waals surface area (Å²) in [5.74, 6) is -3.10. The second-order valence-electron chi connectivity index (χ2n) is 6.93. The Kier molecular flexibility index (Phi) is 12.5. The summed E-state index contributed by atoms with van der Waals surface area (Å²) in [4.78, 5) is 47.9. The van der Waals surface area contributed by atoms with Gasteiger partial charge >= 0.3 is 5.97 Å². The molecule has 11 heteroatoms. The maximum absolute atomic E-state index is 12.6. The molecule has 10 nitrogen and oxygen atoms in total. The van der Waals surface area contributed by atoms with Crippen LogP contribution >= 0.6 is 12.6 Å². The van der Waals surface area contributed by atoms with Gasteiger partial charge in [-0.3, -0.25) is 14.4 Å². The van der Waals surface area contributed by atoms with Crippen molar-refractivity contribution < 1.29 is 24.3 Å². The first-order valence-electron chi connectivity index (χ1n) is 9.25. The van der Waals surface area contributed by atoms with Gasteiger partial charge in [0.05, 0.1) is 6.04 Å². The average molecular weight is 420 g/mol. The molecule has 0 rings (SSSR count). The van der Waals surface area contributed by atoms with Crippen LogP contribution in [0.15, 0.2) is 0 Å². The highest BCUT2D eigenvalue weighted by Crippen LogP contribution is 2.05. The third-order valence-corrected chi connectivity index (χ3v) is 4.52. The summed E-state index contributed by atoms with van der Waals surface area (Å²) in [5, 5.41) is 16.4. The maximum atomic E-state index is 12.6. The van der Waals surface area contributed by atoms with Crippen LogP contribution in [0.5, 0.6) is 0 Å². The monoisotopic (exact) mass is 419 g/mol. The summed E-state index contributed by atoms with van der Waals surface area (Å²) < 4.78 is 0. The zero-order valence-electron chi connectivity index (χ0n) is 16.6. The number of carbonyl (C=O) groups is 4. The molecule has 0 saturated heterocycles. The van der Waals surface area contributed by atoms with Crippen molar-refractivity contribution in [3.8, 4) is 0 Å². The number of carboxylic acid groups (broad SMARTS) is 1. The fourth-order valence-electron chi connectivity index (χ4n) is 2.19. The number of thiol groups is 1. The summed E-state index contributed by atoms with van der Waals surface area (Å²) in [6.45, 7) is 5.46. The molecule has 3 amide bonds. The number of carboxylic acids is 1. The number of nitrogens with two attached hydrogens (primary N) is 2. The van der Waals surface area contributed by atoms with Crippen molar-refractivity contribution in [2.24, 2.45) is 17.4 Å². The van der Waals surface area contributed by atoms with E-state index in [0.29, 0.717) is 25.8 Å². The van der Waals surface area contributed by atoms with Crippen molar-refractivity contribution in [2.45, 2.75) is 64.2 Å². The Balaban J connectivity index is 4.98. The van der Waals surface area contributed by atoms with Gasteiger partial charge in [-0.15, -0.1) is 0 Å². The second kappa shape index (κ2) is 13.3. The molecule has 4 atom stereocenters. The predicted molar refractivity (Wildman–Crippen MR) is 109 cm³/mol. The molecule has 0 aromatic carbocycles. The molecule has 0 spiro atoms. The van der Waals surface area contributed by atoms with Gasteiger partial charge < -0.3 is 32.5 Å². The molecule has 0 heterocycles. The van der Waals surface area contributed by atoms with Crippen molar-refractivity contribution in [1.29, 1.82) is 0 Å². The highest BCUT2D eigenvalue weighted by atomic mass is 32.1. The number of nitrogens with one attached hydrogen (secondary N) is 3. The largest absolute Gasteiger partial charge is 0.480 e. The molecule has 0 aromatic heterocycles. The molecule has 0 aliphatic heterocycles. The van der Waals surface area contributed by atoms with Crippen molar-refractivity contribution in [3.05, 3.63) is 0 Å². The van der Waals surface area contributed by atoms with Crippen LogP contribution in [0, 0.1) is 5.92 Å². The number of rotatable bonds is 13. The Morgan fingerprint density at radius 3 is 1.96 bits per heavy atom. The lowest BCUT2D eigenvalue weighted by Gasteiger charge is -2.24. The number of aliphatic carboxylic acids is 1. The summed E-state index contributed by atoms with van der Waals surface area (Å²) in [6, 6.07) is -3.81. The standard InChI is InChI=1S/C17H33N5O5S/c1-9(2)13(19)16(25)21-11(6-4-5-7-18)15(24)20-10(3)14(23)22-12(8-28)17(26)27/h9-13,28H,4-8,18-19H2,1-3H3,(H,20,24)(H,21,25)(H,22,23)(H,26,27). The third-order valence-electron chi connectivity index (χ3n) is 4.15. The normalized spacial score (nSPS) is 15.2. The van der Waals surface area contributed by atoms with Gasteiger partial charge in [0.15, 0.2) is 0 Å². The van der Waals surface area contributed by atoms with Gasteiger partial charge in [-0.1, -0.05) is 13.8 Å². The van der Waals surface area contributed by atoms with Crippen LogP contribution < -0.4 is 27.4 Å². The van der Waals surface area contributed by atoms with Crippen molar-refractivity contribution in [3.63, 3.8) is 0 Å². The highest BCUT2D eigenvalue weighted by molar-refractivity contribution is 7.80. The molecular weight excluding hydrogens is 386 g/mol. The number of carbonyl (C=O) groups excluding carboxylic acids is 3. The third kappa shape index (κ3) is 9.38. The van der Waals surface area contributed by atoms with E-state index in [1.807, 2.05) is 0 Å². The minimum Gasteiger partial charge on any atom is -0.480 e. The van der Waals surface area contributed by atoms with Gasteiger partial charge in [0.2, 0.25) is 17.7 Å². The first-order chi connectivity index (χ1) is 13.0. The fourth-order valence-corrected chi connectivity index (χ4v) is 2.44. The van der Waals surface area contributed by atoms with E-state index in [2.05, 4.69) is 28.6 Å². The molecule has 0 fully saturated rings. The topological polar surface area (TPSA) is 177 Å². The molecule has 162 valence electrons. The van der Waals surface area contributed by atoms with Crippen molar-refractivity contribution >= 4 is 36.3 Å². The quantitative estimate of drug-likeness (QED) is 0.142. The molecule has 28 heavy (non-hydrogen) atoms. The van der Waals surface area contributed by atoms with E-state index in [1.165, 1.54) is 6.92 Å². The van der Waals surface area contributed by atoms with Crippen LogP contribution in [0.1, 0.15) is 40.0 Å².